The molecule has 0 amide bonds. The Kier molecular flexibility index (Phi) is 1490. The predicted molar refractivity (Wildman–Crippen MR) is 19.9 cm³/mol. The zero-order chi connectivity index (χ0) is 2.00. The van der Waals surface area contributed by atoms with Crippen LogP contribution in [0.15, 0.2) is 0 Å². The molecule has 0 heterocycles. The van der Waals surface area contributed by atoms with Crippen LogP contribution < -0.4 is 0 Å². The quantitative estimate of drug-likeness (QED) is 0.575. The van der Waals surface area contributed by atoms with E-state index in [1.165, 1.54) is 0 Å². The second kappa shape index (κ2) is 162. The van der Waals surface area contributed by atoms with Gasteiger partial charge in [-0.2, -0.15) is 6.92 Å². The standard InChI is InChI=1S/C2H5.H2N.H2O.Pt/c1-2;;;/h1H2,2H3;2*1H2;/q2*-1;;+2. The molecular formula is C2H9NOPt. The molecule has 0 spiro atoms. The van der Waals surface area contributed by atoms with Crippen molar-refractivity contribution in [1.29, 1.82) is 0 Å². The van der Waals surface area contributed by atoms with Crippen molar-refractivity contribution >= 4 is 0 Å². The van der Waals surface area contributed by atoms with Crippen molar-refractivity contribution in [2.45, 2.75) is 6.92 Å². The van der Waals surface area contributed by atoms with Gasteiger partial charge in [0.1, 0.15) is 0 Å². The Hall–Kier alpha value is 0.608. The number of rotatable bonds is 0. The maximum absolute atomic E-state index is 3.25. The minimum absolute atomic E-state index is 0. The maximum Gasteiger partial charge on any atom is 2.00 e. The van der Waals surface area contributed by atoms with Crippen LogP contribution in [0.5, 0.6) is 0 Å². The largest absolute Gasteiger partial charge is 2.00 e. The van der Waals surface area contributed by atoms with Crippen molar-refractivity contribution in [3.05, 3.63) is 13.1 Å². The molecule has 0 atom stereocenters. The average Bonchev–Trinajstić information content (AvgIpc) is 1.00. The predicted octanol–water partition coefficient (Wildman–Crippen LogP) is 0.730. The van der Waals surface area contributed by atoms with Crippen molar-refractivity contribution in [3.8, 4) is 0 Å². The Morgan fingerprint density at radius 3 is 1.20 bits per heavy atom. The second-order valence-electron chi connectivity index (χ2n) is 0. The van der Waals surface area contributed by atoms with Crippen molar-refractivity contribution in [2.75, 3.05) is 0 Å². The molecule has 0 saturated carbocycles. The van der Waals surface area contributed by atoms with Crippen LogP contribution in [0.25, 0.3) is 6.15 Å². The smallest absolute Gasteiger partial charge is 0.693 e. The van der Waals surface area contributed by atoms with Gasteiger partial charge in [-0.05, 0) is 0 Å². The third-order valence-electron chi connectivity index (χ3n) is 0. The fourth-order valence-electron chi connectivity index (χ4n) is 0. The summed E-state index contributed by atoms with van der Waals surface area (Å²) in [6.45, 7) is 5.00. The molecule has 5 heavy (non-hydrogen) atoms. The zero-order valence-corrected chi connectivity index (χ0v) is 5.37. The summed E-state index contributed by atoms with van der Waals surface area (Å²) in [5.41, 5.74) is 0. The summed E-state index contributed by atoms with van der Waals surface area (Å²) in [7, 11) is 0. The van der Waals surface area contributed by atoms with Gasteiger partial charge in [-0.15, -0.1) is 0 Å². The molecule has 0 unspecified atom stereocenters. The van der Waals surface area contributed by atoms with Gasteiger partial charge in [0, 0.05) is 0 Å². The molecule has 0 saturated heterocycles. The Morgan fingerprint density at radius 1 is 1.20 bits per heavy atom. The average molecular weight is 258 g/mol. The van der Waals surface area contributed by atoms with Crippen LogP contribution in [0, 0.1) is 6.92 Å². The maximum atomic E-state index is 3.25. The van der Waals surface area contributed by atoms with Gasteiger partial charge in [0.2, 0.25) is 0 Å². The topological polar surface area (TPSA) is 65.0 Å². The minimum Gasteiger partial charge on any atom is -0.693 e. The molecule has 4 N–H and O–H groups in total. The summed E-state index contributed by atoms with van der Waals surface area (Å²) >= 11 is 0. The van der Waals surface area contributed by atoms with Crippen LogP contribution in [-0.4, -0.2) is 5.48 Å². The van der Waals surface area contributed by atoms with E-state index in [2.05, 4.69) is 6.92 Å². The number of nitrogens with two attached hydrogens (primary N) is 1. The summed E-state index contributed by atoms with van der Waals surface area (Å²) in [5, 5.41) is 0. The summed E-state index contributed by atoms with van der Waals surface area (Å²) in [4.78, 5) is 0. The minimum atomic E-state index is 0. The normalized spacial score (nSPS) is 1.20. The van der Waals surface area contributed by atoms with Gasteiger partial charge in [0.15, 0.2) is 0 Å². The van der Waals surface area contributed by atoms with Crippen molar-refractivity contribution in [1.82, 2.24) is 0 Å². The molecule has 0 rings (SSSR count). The van der Waals surface area contributed by atoms with Gasteiger partial charge in [0.05, 0.1) is 0 Å². The third-order valence-corrected chi connectivity index (χ3v) is 0. The SMILES string of the molecule is O.[CH2-]C.[NH2-].[Pt+2]. The molecule has 0 aliphatic carbocycles. The Labute approximate surface area is 47.1 Å². The first kappa shape index (κ1) is 46.0. The van der Waals surface area contributed by atoms with Gasteiger partial charge in [-0.1, -0.05) is 0 Å². The molecule has 0 radical (unpaired) electrons. The van der Waals surface area contributed by atoms with Gasteiger partial charge in [0.25, 0.3) is 0 Å². The van der Waals surface area contributed by atoms with Crippen LogP contribution in [0.4, 0.5) is 0 Å². The second-order valence-corrected chi connectivity index (χ2v) is 0. The summed E-state index contributed by atoms with van der Waals surface area (Å²) in [6.07, 6.45) is 0. The van der Waals surface area contributed by atoms with E-state index in [4.69, 9.17) is 0 Å². The molecule has 0 aromatic rings. The summed E-state index contributed by atoms with van der Waals surface area (Å²) in [5.74, 6) is 0. The van der Waals surface area contributed by atoms with Gasteiger partial charge in [-0.25, -0.2) is 0 Å². The van der Waals surface area contributed by atoms with Crippen LogP contribution in [-0.2, 0) is 21.1 Å². The van der Waals surface area contributed by atoms with E-state index >= 15 is 0 Å². The van der Waals surface area contributed by atoms with E-state index in [1.54, 1.807) is 6.92 Å². The molecule has 0 aromatic heterocycles. The van der Waals surface area contributed by atoms with E-state index < -0.39 is 0 Å². The van der Waals surface area contributed by atoms with Crippen LogP contribution in [0.1, 0.15) is 6.92 Å². The van der Waals surface area contributed by atoms with Crippen molar-refractivity contribution in [3.63, 3.8) is 0 Å². The summed E-state index contributed by atoms with van der Waals surface area (Å²) < 4.78 is 0. The van der Waals surface area contributed by atoms with E-state index in [1.807, 2.05) is 0 Å². The first-order chi connectivity index (χ1) is 1.00. The number of hydrogen-bond donors (Lipinski definition) is 0. The fraction of sp³-hybridized carbons (Fsp3) is 0.500. The zero-order valence-electron chi connectivity index (χ0n) is 3.10. The Balaban J connectivity index is -0.00000000167. The molecule has 0 aliphatic heterocycles. The molecule has 0 fully saturated rings. The van der Waals surface area contributed by atoms with Crippen molar-refractivity contribution < 1.29 is 26.5 Å². The van der Waals surface area contributed by atoms with Gasteiger partial charge < -0.3 is 18.6 Å². The monoisotopic (exact) mass is 258 g/mol. The molecular weight excluding hydrogens is 249 g/mol. The van der Waals surface area contributed by atoms with Crippen molar-refractivity contribution in [2.24, 2.45) is 0 Å². The van der Waals surface area contributed by atoms with Gasteiger partial charge in [-0.3, -0.25) is 0 Å². The first-order valence-electron chi connectivity index (χ1n) is 0.707. The van der Waals surface area contributed by atoms with E-state index in [9.17, 15) is 0 Å². The van der Waals surface area contributed by atoms with E-state index in [0.717, 1.165) is 0 Å². The first-order valence-corrected chi connectivity index (χ1v) is 0.707. The van der Waals surface area contributed by atoms with Gasteiger partial charge >= 0.3 is 21.1 Å². The van der Waals surface area contributed by atoms with Crippen LogP contribution in [0.2, 0.25) is 0 Å². The fourth-order valence-corrected chi connectivity index (χ4v) is 0. The van der Waals surface area contributed by atoms with E-state index in [-0.39, 0.29) is 32.7 Å². The molecule has 38 valence electrons. The molecule has 0 bridgehead atoms. The Bertz CT molecular complexity index is 9.61. The van der Waals surface area contributed by atoms with Crippen LogP contribution in [0.3, 0.4) is 0 Å². The Morgan fingerprint density at radius 2 is 1.20 bits per heavy atom. The number of hydrogen-bond acceptors (Lipinski definition) is 0. The molecule has 3 heteroatoms. The molecule has 0 aliphatic rings. The molecule has 0 aromatic carbocycles. The van der Waals surface area contributed by atoms with E-state index in [0.29, 0.717) is 0 Å². The summed E-state index contributed by atoms with van der Waals surface area (Å²) in [6, 6.07) is 0. The van der Waals surface area contributed by atoms with Crippen LogP contribution >= 0.6 is 0 Å². The molecule has 2 nitrogen and oxygen atoms in total. The third kappa shape index (κ3) is 84.7.